The van der Waals surface area contributed by atoms with Gasteiger partial charge in [0.1, 0.15) is 11.6 Å². The number of carbonyl (C=O) groups excluding carboxylic acids is 1. The van der Waals surface area contributed by atoms with Crippen LogP contribution in [-0.2, 0) is 4.79 Å². The first-order valence-corrected chi connectivity index (χ1v) is 10.9. The second kappa shape index (κ2) is 7.77. The van der Waals surface area contributed by atoms with E-state index in [1.807, 2.05) is 26.8 Å². The molecule has 1 aliphatic rings. The molecule has 0 N–H and O–H groups in total. The summed E-state index contributed by atoms with van der Waals surface area (Å²) in [5.74, 6) is 3.95. The quantitative estimate of drug-likeness (QED) is 0.544. The molecule has 1 aliphatic carbocycles. The van der Waals surface area contributed by atoms with Crippen molar-refractivity contribution >= 4 is 39.4 Å². The Morgan fingerprint density at radius 1 is 1.15 bits per heavy atom. The van der Waals surface area contributed by atoms with Gasteiger partial charge in [0.05, 0.1) is 0 Å². The van der Waals surface area contributed by atoms with Crippen molar-refractivity contribution in [2.24, 2.45) is 5.92 Å². The topological polar surface area (TPSA) is 17.1 Å². The van der Waals surface area contributed by atoms with Crippen molar-refractivity contribution in [1.29, 1.82) is 0 Å². The van der Waals surface area contributed by atoms with Gasteiger partial charge in [-0.05, 0) is 76.9 Å². The normalized spacial score (nSPS) is 16.1. The van der Waals surface area contributed by atoms with Crippen molar-refractivity contribution < 1.29 is 9.18 Å². The molecule has 1 unspecified atom stereocenters. The molecule has 0 heterocycles. The van der Waals surface area contributed by atoms with Gasteiger partial charge in [-0.2, -0.15) is 10.5 Å². The molecule has 2 aromatic rings. The number of hydrogen-bond acceptors (Lipinski definition) is 1. The first kappa shape index (κ1) is 19.5. The highest BCUT2D eigenvalue weighted by Crippen LogP contribution is 2.44. The minimum absolute atomic E-state index is 0.0132. The standard InChI is InChI=1S/C24H25FOS/c1-15(2)24(26)14-22-16(3)21(20-11-8-18(25)13-23(20)22)12-17-6-9-19(10-7-17)27(4)5/h6-13,15H,4,14H2,1-3,5H3/b21-12-. The molecule has 2 aromatic carbocycles. The lowest BCUT2D eigenvalue weighted by molar-refractivity contribution is -0.120. The summed E-state index contributed by atoms with van der Waals surface area (Å²) in [6, 6.07) is 13.2. The van der Waals surface area contributed by atoms with Crippen molar-refractivity contribution in [2.75, 3.05) is 6.26 Å². The fraction of sp³-hybridized carbons (Fsp3) is 0.250. The first-order chi connectivity index (χ1) is 12.8. The second-order valence-corrected chi connectivity index (χ2v) is 9.10. The summed E-state index contributed by atoms with van der Waals surface area (Å²) >= 11 is 0. The molecule has 0 fully saturated rings. The van der Waals surface area contributed by atoms with Gasteiger partial charge in [-0.1, -0.05) is 37.9 Å². The summed E-state index contributed by atoms with van der Waals surface area (Å²) in [6.45, 7) is 5.84. The number of halogens is 1. The fourth-order valence-electron chi connectivity index (χ4n) is 3.32. The Kier molecular flexibility index (Phi) is 5.61. The zero-order chi connectivity index (χ0) is 19.7. The Bertz CT molecular complexity index is 978. The fourth-order valence-corrected chi connectivity index (χ4v) is 3.92. The summed E-state index contributed by atoms with van der Waals surface area (Å²) in [7, 11) is -0.0132. The van der Waals surface area contributed by atoms with Crippen LogP contribution in [0.2, 0.25) is 0 Å². The third kappa shape index (κ3) is 4.03. The lowest BCUT2D eigenvalue weighted by Gasteiger charge is -2.08. The molecular formula is C24H25FOS. The van der Waals surface area contributed by atoms with Crippen LogP contribution in [0.25, 0.3) is 17.2 Å². The lowest BCUT2D eigenvalue weighted by atomic mass is 9.96. The predicted molar refractivity (Wildman–Crippen MR) is 117 cm³/mol. The number of carbonyl (C=O) groups is 1. The highest BCUT2D eigenvalue weighted by molar-refractivity contribution is 8.13. The number of ketones is 1. The molecule has 1 nitrogen and oxygen atoms in total. The van der Waals surface area contributed by atoms with E-state index < -0.39 is 0 Å². The van der Waals surface area contributed by atoms with Crippen molar-refractivity contribution in [3.05, 3.63) is 70.5 Å². The zero-order valence-corrected chi connectivity index (χ0v) is 17.1. The highest BCUT2D eigenvalue weighted by atomic mass is 32.2. The summed E-state index contributed by atoms with van der Waals surface area (Å²) in [5.41, 5.74) is 5.99. The van der Waals surface area contributed by atoms with Crippen LogP contribution in [0.3, 0.4) is 0 Å². The Hall–Kier alpha value is -2.26. The number of rotatable bonds is 5. The van der Waals surface area contributed by atoms with Crippen LogP contribution in [0.15, 0.2) is 52.9 Å². The smallest absolute Gasteiger partial charge is 0.139 e. The molecule has 0 bridgehead atoms. The molecule has 140 valence electrons. The Labute approximate surface area is 163 Å². The third-order valence-corrected chi connectivity index (χ3v) is 6.12. The summed E-state index contributed by atoms with van der Waals surface area (Å²) in [5, 5.41) is 0. The maximum Gasteiger partial charge on any atom is 0.139 e. The van der Waals surface area contributed by atoms with Crippen molar-refractivity contribution in [3.8, 4) is 0 Å². The minimum Gasteiger partial charge on any atom is -0.299 e. The molecule has 0 saturated heterocycles. The molecule has 0 aliphatic heterocycles. The molecule has 0 saturated carbocycles. The van der Waals surface area contributed by atoms with Crippen molar-refractivity contribution in [2.45, 2.75) is 32.1 Å². The number of allylic oxidation sites excluding steroid dienone is 3. The van der Waals surface area contributed by atoms with Crippen LogP contribution < -0.4 is 0 Å². The maximum absolute atomic E-state index is 13.9. The van der Waals surface area contributed by atoms with Crippen LogP contribution in [0.1, 0.15) is 43.9 Å². The van der Waals surface area contributed by atoms with Crippen LogP contribution in [0.4, 0.5) is 4.39 Å². The van der Waals surface area contributed by atoms with Gasteiger partial charge in [-0.3, -0.25) is 4.79 Å². The summed E-state index contributed by atoms with van der Waals surface area (Å²) in [6.07, 6.45) is 4.57. The largest absolute Gasteiger partial charge is 0.299 e. The number of benzene rings is 2. The van der Waals surface area contributed by atoms with Crippen molar-refractivity contribution in [3.63, 3.8) is 0 Å². The van der Waals surface area contributed by atoms with E-state index >= 15 is 0 Å². The van der Waals surface area contributed by atoms with Crippen LogP contribution in [0.5, 0.6) is 0 Å². The van der Waals surface area contributed by atoms with Gasteiger partial charge < -0.3 is 0 Å². The van der Waals surface area contributed by atoms with Gasteiger partial charge in [-0.25, -0.2) is 4.39 Å². The second-order valence-electron chi connectivity index (χ2n) is 7.36. The van der Waals surface area contributed by atoms with E-state index in [1.165, 1.54) is 11.0 Å². The monoisotopic (exact) mass is 380 g/mol. The van der Waals surface area contributed by atoms with E-state index in [4.69, 9.17) is 0 Å². The lowest BCUT2D eigenvalue weighted by Crippen LogP contribution is -2.07. The molecule has 3 heteroatoms. The Balaban J connectivity index is 2.08. The van der Waals surface area contributed by atoms with E-state index in [9.17, 15) is 9.18 Å². The van der Waals surface area contributed by atoms with Crippen LogP contribution >= 0.6 is 10.5 Å². The van der Waals surface area contributed by atoms with Gasteiger partial charge in [0.25, 0.3) is 0 Å². The molecule has 27 heavy (non-hydrogen) atoms. The van der Waals surface area contributed by atoms with E-state index in [0.717, 1.165) is 33.4 Å². The first-order valence-electron chi connectivity index (χ1n) is 9.08. The molecular weight excluding hydrogens is 355 g/mol. The van der Waals surface area contributed by atoms with Crippen LogP contribution in [0, 0.1) is 11.7 Å². The van der Waals surface area contributed by atoms with Crippen molar-refractivity contribution in [1.82, 2.24) is 0 Å². The molecule has 1 atom stereocenters. The molecule has 0 amide bonds. The average Bonchev–Trinajstić information content (AvgIpc) is 2.87. The number of hydrogen-bond donors (Lipinski definition) is 0. The molecule has 0 spiro atoms. The summed E-state index contributed by atoms with van der Waals surface area (Å²) < 4.78 is 13.9. The molecule has 0 radical (unpaired) electrons. The SMILES string of the molecule is C=S(C)c1ccc(/C=C2/C(C)=C(CC(=O)C(C)C)c3cc(F)ccc32)cc1. The third-order valence-electron chi connectivity index (χ3n) is 5.04. The highest BCUT2D eigenvalue weighted by Gasteiger charge is 2.26. The number of fused-ring (bicyclic) bond motifs is 1. The zero-order valence-electron chi connectivity index (χ0n) is 16.3. The Morgan fingerprint density at radius 3 is 2.41 bits per heavy atom. The molecule has 3 rings (SSSR count). The van der Waals surface area contributed by atoms with E-state index in [2.05, 4.69) is 42.5 Å². The van der Waals surface area contributed by atoms with E-state index in [-0.39, 0.29) is 28.0 Å². The van der Waals surface area contributed by atoms with Gasteiger partial charge in [0.2, 0.25) is 0 Å². The van der Waals surface area contributed by atoms with Crippen LogP contribution in [-0.4, -0.2) is 17.9 Å². The Morgan fingerprint density at radius 2 is 1.81 bits per heavy atom. The van der Waals surface area contributed by atoms with Gasteiger partial charge in [0.15, 0.2) is 0 Å². The van der Waals surface area contributed by atoms with E-state index in [0.29, 0.717) is 6.42 Å². The average molecular weight is 381 g/mol. The minimum atomic E-state index is -0.271. The molecule has 0 aromatic heterocycles. The van der Waals surface area contributed by atoms with Gasteiger partial charge in [0, 0.05) is 17.2 Å². The predicted octanol–water partition coefficient (Wildman–Crippen LogP) is 6.46. The summed E-state index contributed by atoms with van der Waals surface area (Å²) in [4.78, 5) is 13.6. The van der Waals surface area contributed by atoms with E-state index in [1.54, 1.807) is 6.07 Å². The maximum atomic E-state index is 13.9. The van der Waals surface area contributed by atoms with Gasteiger partial charge in [-0.15, -0.1) is 0 Å². The number of Topliss-reactive ketones (excluding diaryl/α,β-unsaturated/α-hetero) is 1. The van der Waals surface area contributed by atoms with Gasteiger partial charge >= 0.3 is 0 Å².